The summed E-state index contributed by atoms with van der Waals surface area (Å²) in [4.78, 5) is 11.7. The van der Waals surface area contributed by atoms with Crippen molar-refractivity contribution >= 4 is 11.6 Å². The first-order valence-electron chi connectivity index (χ1n) is 6.67. The molecule has 0 aliphatic heterocycles. The molecule has 0 bridgehead atoms. The second-order valence-corrected chi connectivity index (χ2v) is 4.60. The van der Waals surface area contributed by atoms with E-state index in [1.807, 2.05) is 12.1 Å². The number of hydrogen-bond acceptors (Lipinski definition) is 3. The molecule has 22 heavy (non-hydrogen) atoms. The maximum absolute atomic E-state index is 13.4. The molecule has 2 rings (SSSR count). The lowest BCUT2D eigenvalue weighted by molar-refractivity contribution is -0.119. The molecule has 0 spiro atoms. The molecule has 0 atom stereocenters. The van der Waals surface area contributed by atoms with Gasteiger partial charge in [0.15, 0.2) is 0 Å². The molecule has 0 aromatic heterocycles. The monoisotopic (exact) mass is 306 g/mol. The lowest BCUT2D eigenvalue weighted by atomic mass is 10.2. The van der Waals surface area contributed by atoms with Crippen molar-refractivity contribution in [2.24, 2.45) is 0 Å². The molecule has 116 valence electrons. The average molecular weight is 306 g/mol. The quantitative estimate of drug-likeness (QED) is 0.863. The van der Waals surface area contributed by atoms with E-state index in [1.165, 1.54) is 6.07 Å². The second kappa shape index (κ2) is 7.40. The van der Waals surface area contributed by atoms with Gasteiger partial charge < -0.3 is 15.4 Å². The Morgan fingerprint density at radius 2 is 1.86 bits per heavy atom. The molecule has 0 fully saturated rings. The van der Waals surface area contributed by atoms with Crippen LogP contribution in [-0.2, 0) is 11.3 Å². The Labute approximate surface area is 127 Å². The fourth-order valence-electron chi connectivity index (χ4n) is 1.81. The van der Waals surface area contributed by atoms with Crippen molar-refractivity contribution in [3.8, 4) is 5.75 Å². The van der Waals surface area contributed by atoms with Crippen LogP contribution in [0.5, 0.6) is 5.75 Å². The van der Waals surface area contributed by atoms with Crippen LogP contribution in [0.4, 0.5) is 14.5 Å². The van der Waals surface area contributed by atoms with Crippen LogP contribution >= 0.6 is 0 Å². The molecule has 0 saturated carbocycles. The van der Waals surface area contributed by atoms with E-state index in [2.05, 4.69) is 10.6 Å². The van der Waals surface area contributed by atoms with Crippen molar-refractivity contribution in [2.75, 3.05) is 19.0 Å². The number of carbonyl (C=O) groups is 1. The number of methoxy groups -OCH3 is 1. The average Bonchev–Trinajstić information content (AvgIpc) is 2.52. The van der Waals surface area contributed by atoms with Crippen molar-refractivity contribution in [3.63, 3.8) is 0 Å². The highest BCUT2D eigenvalue weighted by Crippen LogP contribution is 2.14. The van der Waals surface area contributed by atoms with Crippen molar-refractivity contribution in [3.05, 3.63) is 59.7 Å². The largest absolute Gasteiger partial charge is 0.497 e. The molecule has 2 N–H and O–H groups in total. The van der Waals surface area contributed by atoms with E-state index >= 15 is 0 Å². The normalized spacial score (nSPS) is 10.1. The van der Waals surface area contributed by atoms with Crippen LogP contribution in [0.1, 0.15) is 5.56 Å². The zero-order chi connectivity index (χ0) is 15.9. The first-order chi connectivity index (χ1) is 10.6. The standard InChI is InChI=1S/C16H16F2N2O2/c1-22-13-5-2-11(3-6-13)9-20-16(21)10-19-15-7-4-12(17)8-14(15)18/h2-8,19H,9-10H2,1H3,(H,20,21). The zero-order valence-corrected chi connectivity index (χ0v) is 12.0. The van der Waals surface area contributed by atoms with Gasteiger partial charge in [-0.15, -0.1) is 0 Å². The molecular formula is C16H16F2N2O2. The van der Waals surface area contributed by atoms with Crippen LogP contribution in [-0.4, -0.2) is 19.6 Å². The first-order valence-corrected chi connectivity index (χ1v) is 6.67. The Balaban J connectivity index is 1.80. The van der Waals surface area contributed by atoms with Gasteiger partial charge in [-0.2, -0.15) is 0 Å². The number of halogens is 2. The van der Waals surface area contributed by atoms with Gasteiger partial charge in [-0.3, -0.25) is 4.79 Å². The van der Waals surface area contributed by atoms with Gasteiger partial charge in [-0.05, 0) is 29.8 Å². The maximum Gasteiger partial charge on any atom is 0.239 e. The third-order valence-corrected chi connectivity index (χ3v) is 3.02. The topological polar surface area (TPSA) is 50.4 Å². The highest BCUT2D eigenvalue weighted by Gasteiger charge is 2.06. The van der Waals surface area contributed by atoms with Crippen molar-refractivity contribution in [2.45, 2.75) is 6.54 Å². The van der Waals surface area contributed by atoms with Gasteiger partial charge in [0.25, 0.3) is 0 Å². The summed E-state index contributed by atoms with van der Waals surface area (Å²) in [6, 6.07) is 10.4. The number of rotatable bonds is 6. The number of anilines is 1. The highest BCUT2D eigenvalue weighted by molar-refractivity contribution is 5.80. The van der Waals surface area contributed by atoms with Gasteiger partial charge in [0.2, 0.25) is 5.91 Å². The van der Waals surface area contributed by atoms with Gasteiger partial charge in [0, 0.05) is 12.6 Å². The van der Waals surface area contributed by atoms with E-state index in [9.17, 15) is 13.6 Å². The Hall–Kier alpha value is -2.63. The van der Waals surface area contributed by atoms with E-state index in [4.69, 9.17) is 4.74 Å². The molecule has 0 radical (unpaired) electrons. The third-order valence-electron chi connectivity index (χ3n) is 3.02. The summed E-state index contributed by atoms with van der Waals surface area (Å²) >= 11 is 0. The first kappa shape index (κ1) is 15.8. The van der Waals surface area contributed by atoms with Crippen LogP contribution < -0.4 is 15.4 Å². The number of carbonyl (C=O) groups excluding carboxylic acids is 1. The predicted octanol–water partition coefficient (Wildman–Crippen LogP) is 2.70. The van der Waals surface area contributed by atoms with Crippen LogP contribution in [0.3, 0.4) is 0 Å². The second-order valence-electron chi connectivity index (χ2n) is 4.60. The van der Waals surface area contributed by atoms with Crippen molar-refractivity contribution in [1.29, 1.82) is 0 Å². The Morgan fingerprint density at radius 3 is 2.50 bits per heavy atom. The fraction of sp³-hybridized carbons (Fsp3) is 0.188. The highest BCUT2D eigenvalue weighted by atomic mass is 19.1. The van der Waals surface area contributed by atoms with Gasteiger partial charge in [0.1, 0.15) is 17.4 Å². The molecule has 2 aromatic carbocycles. The molecule has 0 saturated heterocycles. The summed E-state index contributed by atoms with van der Waals surface area (Å²) in [5.74, 6) is -0.946. The van der Waals surface area contributed by atoms with Gasteiger partial charge in [-0.25, -0.2) is 8.78 Å². The van der Waals surface area contributed by atoms with Crippen molar-refractivity contribution in [1.82, 2.24) is 5.32 Å². The molecule has 2 aromatic rings. The molecule has 0 heterocycles. The Kier molecular flexibility index (Phi) is 5.30. The maximum atomic E-state index is 13.4. The molecule has 6 heteroatoms. The molecule has 0 aliphatic carbocycles. The Morgan fingerprint density at radius 1 is 1.14 bits per heavy atom. The minimum Gasteiger partial charge on any atom is -0.497 e. The number of amides is 1. The van der Waals surface area contributed by atoms with Gasteiger partial charge in [0.05, 0.1) is 19.3 Å². The summed E-state index contributed by atoms with van der Waals surface area (Å²) in [7, 11) is 1.58. The van der Waals surface area contributed by atoms with E-state index in [0.717, 1.165) is 23.4 Å². The summed E-state index contributed by atoms with van der Waals surface area (Å²) in [6.45, 7) is 0.259. The summed E-state index contributed by atoms with van der Waals surface area (Å²) in [5.41, 5.74) is 1.00. The summed E-state index contributed by atoms with van der Waals surface area (Å²) in [5, 5.41) is 5.32. The van der Waals surface area contributed by atoms with Crippen LogP contribution in [0, 0.1) is 11.6 Å². The minimum atomic E-state index is -0.733. The number of hydrogen-bond donors (Lipinski definition) is 2. The van der Waals surface area contributed by atoms with E-state index in [-0.39, 0.29) is 18.1 Å². The fourth-order valence-corrected chi connectivity index (χ4v) is 1.81. The zero-order valence-electron chi connectivity index (χ0n) is 12.0. The number of ether oxygens (including phenoxy) is 1. The molecule has 0 aliphatic rings. The molecular weight excluding hydrogens is 290 g/mol. The smallest absolute Gasteiger partial charge is 0.239 e. The molecule has 4 nitrogen and oxygen atoms in total. The summed E-state index contributed by atoms with van der Waals surface area (Å²) < 4.78 is 31.2. The number of nitrogens with one attached hydrogen (secondary N) is 2. The van der Waals surface area contributed by atoms with E-state index in [0.29, 0.717) is 6.54 Å². The van der Waals surface area contributed by atoms with Crippen LogP contribution in [0.15, 0.2) is 42.5 Å². The Bertz CT molecular complexity index is 645. The molecule has 0 unspecified atom stereocenters. The lowest BCUT2D eigenvalue weighted by Crippen LogP contribution is -2.29. The summed E-state index contributed by atoms with van der Waals surface area (Å²) in [6.07, 6.45) is 0. The van der Waals surface area contributed by atoms with Crippen molar-refractivity contribution < 1.29 is 18.3 Å². The third kappa shape index (κ3) is 4.44. The van der Waals surface area contributed by atoms with Crippen LogP contribution in [0.2, 0.25) is 0 Å². The van der Waals surface area contributed by atoms with E-state index < -0.39 is 11.6 Å². The van der Waals surface area contributed by atoms with E-state index in [1.54, 1.807) is 19.2 Å². The van der Waals surface area contributed by atoms with Crippen LogP contribution in [0.25, 0.3) is 0 Å². The minimum absolute atomic E-state index is 0.0843. The number of benzene rings is 2. The van der Waals surface area contributed by atoms with Gasteiger partial charge in [-0.1, -0.05) is 12.1 Å². The lowest BCUT2D eigenvalue weighted by Gasteiger charge is -2.09. The predicted molar refractivity (Wildman–Crippen MR) is 79.7 cm³/mol. The molecule has 1 amide bonds. The SMILES string of the molecule is COc1ccc(CNC(=O)CNc2ccc(F)cc2F)cc1. The van der Waals surface area contributed by atoms with Gasteiger partial charge >= 0.3 is 0 Å².